The molecule has 3 nitrogen and oxygen atoms in total. The number of nitrogens with one attached hydrogen (secondary N) is 1. The van der Waals surface area contributed by atoms with Crippen molar-refractivity contribution in [1.29, 1.82) is 0 Å². The van der Waals surface area contributed by atoms with Gasteiger partial charge in [-0.05, 0) is 13.1 Å². The lowest BCUT2D eigenvalue weighted by atomic mass is 10.2. The normalized spacial score (nSPS) is 12.7. The summed E-state index contributed by atoms with van der Waals surface area (Å²) in [4.78, 5) is 0. The first kappa shape index (κ1) is 13.1. The van der Waals surface area contributed by atoms with Gasteiger partial charge in [-0.1, -0.05) is 18.2 Å². The highest BCUT2D eigenvalue weighted by molar-refractivity contribution is 5.16. The Balaban J connectivity index is 2.32. The molecular weight excluding hydrogens is 209 g/mol. The average molecular weight is 227 g/mol. The van der Waals surface area contributed by atoms with E-state index in [9.17, 15) is 4.39 Å². The van der Waals surface area contributed by atoms with Crippen LogP contribution in [0.1, 0.15) is 5.56 Å². The molecule has 90 valence electrons. The van der Waals surface area contributed by atoms with Crippen molar-refractivity contribution in [2.45, 2.75) is 12.6 Å². The molecule has 0 aliphatic rings. The van der Waals surface area contributed by atoms with Crippen LogP contribution in [0.2, 0.25) is 0 Å². The standard InChI is InChI=1S/C12H18FNO2/c1-14-11(8-15-2)9-16-7-10-5-3-4-6-12(10)13/h3-6,11,14H,7-9H2,1-2H3. The van der Waals surface area contributed by atoms with Crippen LogP contribution in [0.15, 0.2) is 24.3 Å². The van der Waals surface area contributed by atoms with Crippen LogP contribution in [0.4, 0.5) is 4.39 Å². The Kier molecular flexibility index (Phi) is 6.00. The van der Waals surface area contributed by atoms with E-state index in [4.69, 9.17) is 9.47 Å². The van der Waals surface area contributed by atoms with Gasteiger partial charge >= 0.3 is 0 Å². The molecule has 4 heteroatoms. The second-order valence-corrected chi connectivity index (χ2v) is 3.55. The Morgan fingerprint density at radius 1 is 1.31 bits per heavy atom. The van der Waals surface area contributed by atoms with Crippen LogP contribution in [0, 0.1) is 5.82 Å². The van der Waals surface area contributed by atoms with Gasteiger partial charge in [0.05, 0.1) is 25.9 Å². The summed E-state index contributed by atoms with van der Waals surface area (Å²) in [5, 5.41) is 3.06. The number of hydrogen-bond acceptors (Lipinski definition) is 3. The Morgan fingerprint density at radius 2 is 2.06 bits per heavy atom. The molecule has 0 heterocycles. The van der Waals surface area contributed by atoms with Gasteiger partial charge in [-0.15, -0.1) is 0 Å². The van der Waals surface area contributed by atoms with Crippen molar-refractivity contribution in [3.8, 4) is 0 Å². The Labute approximate surface area is 95.6 Å². The van der Waals surface area contributed by atoms with Crippen molar-refractivity contribution in [2.24, 2.45) is 0 Å². The predicted octanol–water partition coefficient (Wildman–Crippen LogP) is 1.58. The number of methoxy groups -OCH3 is 1. The fourth-order valence-electron chi connectivity index (χ4n) is 1.34. The third kappa shape index (κ3) is 4.26. The molecule has 1 N–H and O–H groups in total. The topological polar surface area (TPSA) is 30.5 Å². The van der Waals surface area contributed by atoms with E-state index < -0.39 is 0 Å². The molecule has 0 aliphatic heterocycles. The third-order valence-corrected chi connectivity index (χ3v) is 2.31. The smallest absolute Gasteiger partial charge is 0.128 e. The van der Waals surface area contributed by atoms with Crippen molar-refractivity contribution >= 4 is 0 Å². The zero-order valence-corrected chi connectivity index (χ0v) is 9.70. The summed E-state index contributed by atoms with van der Waals surface area (Å²) in [6.07, 6.45) is 0. The molecule has 0 bridgehead atoms. The van der Waals surface area contributed by atoms with Gasteiger partial charge in [-0.25, -0.2) is 4.39 Å². The van der Waals surface area contributed by atoms with Gasteiger partial charge in [0.25, 0.3) is 0 Å². The number of benzene rings is 1. The maximum atomic E-state index is 13.2. The first-order valence-corrected chi connectivity index (χ1v) is 5.25. The van der Waals surface area contributed by atoms with Gasteiger partial charge < -0.3 is 14.8 Å². The van der Waals surface area contributed by atoms with E-state index in [0.29, 0.717) is 18.8 Å². The highest BCUT2D eigenvalue weighted by atomic mass is 19.1. The van der Waals surface area contributed by atoms with E-state index in [2.05, 4.69) is 5.32 Å². The number of rotatable bonds is 7. The zero-order chi connectivity index (χ0) is 11.8. The molecule has 0 aliphatic carbocycles. The van der Waals surface area contributed by atoms with Gasteiger partial charge in [-0.3, -0.25) is 0 Å². The summed E-state index contributed by atoms with van der Waals surface area (Å²) < 4.78 is 23.7. The molecule has 1 rings (SSSR count). The minimum absolute atomic E-state index is 0.136. The fourth-order valence-corrected chi connectivity index (χ4v) is 1.34. The highest BCUT2D eigenvalue weighted by Gasteiger charge is 2.06. The SMILES string of the molecule is CNC(COC)COCc1ccccc1F. The summed E-state index contributed by atoms with van der Waals surface area (Å²) in [7, 11) is 3.48. The molecule has 0 radical (unpaired) electrons. The number of hydrogen-bond donors (Lipinski definition) is 1. The summed E-state index contributed by atoms with van der Waals surface area (Å²) in [6.45, 7) is 1.36. The second-order valence-electron chi connectivity index (χ2n) is 3.55. The summed E-state index contributed by atoms with van der Waals surface area (Å²) in [5.74, 6) is -0.227. The lowest BCUT2D eigenvalue weighted by Gasteiger charge is -2.15. The Hall–Kier alpha value is -0.970. The minimum atomic E-state index is -0.227. The summed E-state index contributed by atoms with van der Waals surface area (Å²) >= 11 is 0. The van der Waals surface area contributed by atoms with Crippen LogP contribution in [-0.4, -0.2) is 33.4 Å². The first-order chi connectivity index (χ1) is 7.77. The molecule has 0 saturated heterocycles. The van der Waals surface area contributed by atoms with Crippen molar-refractivity contribution < 1.29 is 13.9 Å². The molecule has 1 atom stereocenters. The molecule has 0 aromatic heterocycles. The van der Waals surface area contributed by atoms with Gasteiger partial charge in [0.2, 0.25) is 0 Å². The van der Waals surface area contributed by atoms with E-state index >= 15 is 0 Å². The molecule has 0 saturated carbocycles. The van der Waals surface area contributed by atoms with Gasteiger partial charge in [0.15, 0.2) is 0 Å². The first-order valence-electron chi connectivity index (χ1n) is 5.25. The zero-order valence-electron chi connectivity index (χ0n) is 9.70. The van der Waals surface area contributed by atoms with Gasteiger partial charge in [0, 0.05) is 12.7 Å². The van der Waals surface area contributed by atoms with E-state index in [1.807, 2.05) is 7.05 Å². The van der Waals surface area contributed by atoms with Crippen molar-refractivity contribution in [2.75, 3.05) is 27.4 Å². The predicted molar refractivity (Wildman–Crippen MR) is 60.8 cm³/mol. The molecule has 0 spiro atoms. The van der Waals surface area contributed by atoms with Crippen LogP contribution >= 0.6 is 0 Å². The Bertz CT molecular complexity index is 307. The molecule has 0 amide bonds. The third-order valence-electron chi connectivity index (χ3n) is 2.31. The van der Waals surface area contributed by atoms with Crippen molar-refractivity contribution in [3.63, 3.8) is 0 Å². The second kappa shape index (κ2) is 7.33. The molecule has 1 aromatic carbocycles. The minimum Gasteiger partial charge on any atom is -0.383 e. The molecule has 1 aromatic rings. The quantitative estimate of drug-likeness (QED) is 0.767. The molecule has 0 fully saturated rings. The number of ether oxygens (including phenoxy) is 2. The van der Waals surface area contributed by atoms with Crippen LogP contribution < -0.4 is 5.32 Å². The number of halogens is 1. The molecule has 16 heavy (non-hydrogen) atoms. The van der Waals surface area contributed by atoms with E-state index in [1.54, 1.807) is 25.3 Å². The molecular formula is C12H18FNO2. The van der Waals surface area contributed by atoms with Crippen molar-refractivity contribution in [1.82, 2.24) is 5.32 Å². The lowest BCUT2D eigenvalue weighted by Crippen LogP contribution is -2.34. The lowest BCUT2D eigenvalue weighted by molar-refractivity contribution is 0.0669. The average Bonchev–Trinajstić information content (AvgIpc) is 2.30. The van der Waals surface area contributed by atoms with Gasteiger partial charge in [-0.2, -0.15) is 0 Å². The van der Waals surface area contributed by atoms with E-state index in [0.717, 1.165) is 0 Å². The maximum Gasteiger partial charge on any atom is 0.128 e. The van der Waals surface area contributed by atoms with Crippen LogP contribution in [0.25, 0.3) is 0 Å². The van der Waals surface area contributed by atoms with E-state index in [-0.39, 0.29) is 18.5 Å². The van der Waals surface area contributed by atoms with Crippen LogP contribution in [-0.2, 0) is 16.1 Å². The summed E-state index contributed by atoms with van der Waals surface area (Å²) in [5.41, 5.74) is 0.578. The van der Waals surface area contributed by atoms with E-state index in [1.165, 1.54) is 6.07 Å². The largest absolute Gasteiger partial charge is 0.383 e. The fraction of sp³-hybridized carbons (Fsp3) is 0.500. The highest BCUT2D eigenvalue weighted by Crippen LogP contribution is 2.07. The van der Waals surface area contributed by atoms with Crippen LogP contribution in [0.3, 0.4) is 0 Å². The molecule has 1 unspecified atom stereocenters. The summed E-state index contributed by atoms with van der Waals surface area (Å²) in [6, 6.07) is 6.76. The Morgan fingerprint density at radius 3 is 2.69 bits per heavy atom. The van der Waals surface area contributed by atoms with Gasteiger partial charge in [0.1, 0.15) is 5.82 Å². The number of likely N-dealkylation sites (N-methyl/N-ethyl adjacent to an activating group) is 1. The monoisotopic (exact) mass is 227 g/mol. The van der Waals surface area contributed by atoms with Crippen molar-refractivity contribution in [3.05, 3.63) is 35.6 Å². The van der Waals surface area contributed by atoms with Crippen LogP contribution in [0.5, 0.6) is 0 Å². The maximum absolute atomic E-state index is 13.2.